The van der Waals surface area contributed by atoms with Gasteiger partial charge in [-0.05, 0) is 74.2 Å². The largest absolute Gasteiger partial charge is 0.413 e. The highest BCUT2D eigenvalue weighted by molar-refractivity contribution is 6.04. The molecule has 0 saturated carbocycles. The number of amides is 4. The summed E-state index contributed by atoms with van der Waals surface area (Å²) in [5.41, 5.74) is 20.6. The van der Waals surface area contributed by atoms with E-state index in [1.807, 2.05) is 0 Å². The Labute approximate surface area is 400 Å². The van der Waals surface area contributed by atoms with Gasteiger partial charge in [0.1, 0.15) is 45.8 Å². The van der Waals surface area contributed by atoms with Gasteiger partial charge in [-0.15, -0.1) is 0 Å². The summed E-state index contributed by atoms with van der Waals surface area (Å²) in [6.45, 7) is 5.07. The molecule has 0 spiro atoms. The third-order valence-electron chi connectivity index (χ3n) is 12.1. The number of hydrogen-bond acceptors (Lipinski definition) is 9. The lowest BCUT2D eigenvalue weighted by Crippen LogP contribution is -2.52. The van der Waals surface area contributed by atoms with Gasteiger partial charge in [0.15, 0.2) is 11.1 Å². The van der Waals surface area contributed by atoms with Crippen LogP contribution in [0.25, 0.3) is 22.5 Å². The molecular weight excluding hydrogens is 949 g/mol. The van der Waals surface area contributed by atoms with Crippen molar-refractivity contribution in [3.63, 3.8) is 0 Å². The minimum atomic E-state index is -4.70. The maximum Gasteiger partial charge on any atom is 0.413 e. The number of hydrogen-bond donors (Lipinski definition) is 6. The van der Waals surface area contributed by atoms with Gasteiger partial charge in [-0.2, -0.15) is 36.5 Å². The highest BCUT2D eigenvalue weighted by Crippen LogP contribution is 2.47. The molecule has 23 heteroatoms. The molecule has 4 amide bonds. The SMILES string of the molecule is Cc1ccc(F)cc1C(=O)NCc1ccc(-c2nn(C(C)(C)C(F)(F)F)c(N)c2C(N)=O)cc1.Cc1ccc(F)cc1C(=O)NCc1ccc(-c2nn(C3(C(F)(F)F)CCOCC3)c(N)c2C(N)=O)cc1. The smallest absolute Gasteiger partial charge is 0.383 e. The first-order valence-corrected chi connectivity index (χ1v) is 21.5. The predicted octanol–water partition coefficient (Wildman–Crippen LogP) is 7.58. The highest BCUT2D eigenvalue weighted by Gasteiger charge is 2.59. The number of primary amides is 2. The van der Waals surface area contributed by atoms with Crippen LogP contribution >= 0.6 is 0 Å². The summed E-state index contributed by atoms with van der Waals surface area (Å²) >= 11 is 0. The van der Waals surface area contributed by atoms with Gasteiger partial charge in [0.25, 0.3) is 23.6 Å². The average Bonchev–Trinajstić information content (AvgIpc) is 3.86. The third kappa shape index (κ3) is 10.8. The molecule has 6 aromatic rings. The zero-order valence-corrected chi connectivity index (χ0v) is 38.5. The first kappa shape index (κ1) is 52.5. The fraction of sp³-hybridized carbons (Fsp3) is 0.292. The molecule has 0 atom stereocenters. The summed E-state index contributed by atoms with van der Waals surface area (Å²) in [5.74, 6) is -4.97. The number of nitrogens with two attached hydrogens (primary N) is 4. The minimum absolute atomic E-state index is 0.0777. The molecule has 10 N–H and O–H groups in total. The van der Waals surface area contributed by atoms with Gasteiger partial charge in [0.2, 0.25) is 0 Å². The van der Waals surface area contributed by atoms with E-state index in [2.05, 4.69) is 20.8 Å². The van der Waals surface area contributed by atoms with E-state index in [0.717, 1.165) is 26.0 Å². The van der Waals surface area contributed by atoms with Crippen LogP contribution in [0.2, 0.25) is 0 Å². The van der Waals surface area contributed by atoms with Crippen LogP contribution in [-0.4, -0.2) is 68.8 Å². The van der Waals surface area contributed by atoms with E-state index in [0.29, 0.717) is 42.7 Å². The molecule has 0 unspecified atom stereocenters. The van der Waals surface area contributed by atoms with E-state index in [4.69, 9.17) is 27.7 Å². The molecule has 15 nitrogen and oxygen atoms in total. The summed E-state index contributed by atoms with van der Waals surface area (Å²) in [6, 6.07) is 20.4. The normalized spacial score (nSPS) is 13.7. The Morgan fingerprint density at radius 3 is 1.45 bits per heavy atom. The number of anilines is 2. The number of nitrogens with one attached hydrogen (secondary N) is 2. The van der Waals surface area contributed by atoms with Gasteiger partial charge in [-0.25, -0.2) is 18.1 Å². The zero-order chi connectivity index (χ0) is 52.4. The fourth-order valence-electron chi connectivity index (χ4n) is 7.74. The number of nitrogen functional groups attached to an aromatic ring is 2. The molecular formula is C48H48F8N10O5. The molecule has 71 heavy (non-hydrogen) atoms. The van der Waals surface area contributed by atoms with Crippen LogP contribution < -0.4 is 33.6 Å². The first-order valence-electron chi connectivity index (χ1n) is 21.5. The number of alkyl halides is 6. The minimum Gasteiger partial charge on any atom is -0.383 e. The zero-order valence-electron chi connectivity index (χ0n) is 38.5. The van der Waals surface area contributed by atoms with Crippen molar-refractivity contribution >= 4 is 35.3 Å². The third-order valence-corrected chi connectivity index (χ3v) is 12.1. The highest BCUT2D eigenvalue weighted by atomic mass is 19.4. The van der Waals surface area contributed by atoms with Crippen LogP contribution in [0.4, 0.5) is 46.8 Å². The summed E-state index contributed by atoms with van der Waals surface area (Å²) in [6.07, 6.45) is -10.2. The van der Waals surface area contributed by atoms with Crippen molar-refractivity contribution in [3.8, 4) is 22.5 Å². The molecule has 0 bridgehead atoms. The fourth-order valence-corrected chi connectivity index (χ4v) is 7.74. The molecule has 1 saturated heterocycles. The van der Waals surface area contributed by atoms with Crippen molar-refractivity contribution in [2.24, 2.45) is 11.5 Å². The Kier molecular flexibility index (Phi) is 15.0. The van der Waals surface area contributed by atoms with Crippen LogP contribution in [0, 0.1) is 25.5 Å². The lowest BCUT2D eigenvalue weighted by Gasteiger charge is -2.39. The topological polar surface area (TPSA) is 241 Å². The maximum atomic E-state index is 14.2. The van der Waals surface area contributed by atoms with Gasteiger partial charge in [0, 0.05) is 61.4 Å². The molecule has 1 aliphatic rings. The monoisotopic (exact) mass is 996 g/mol. The number of rotatable bonds is 12. The van der Waals surface area contributed by atoms with Crippen LogP contribution in [0.5, 0.6) is 0 Å². The Hall–Kier alpha value is -7.82. The van der Waals surface area contributed by atoms with E-state index in [1.165, 1.54) is 48.5 Å². The molecule has 7 rings (SSSR count). The van der Waals surface area contributed by atoms with Crippen LogP contribution in [0.3, 0.4) is 0 Å². The van der Waals surface area contributed by atoms with Crippen molar-refractivity contribution in [1.29, 1.82) is 0 Å². The molecule has 3 heterocycles. The number of aromatic nitrogens is 4. The van der Waals surface area contributed by atoms with Gasteiger partial charge in [0.05, 0.1) is 0 Å². The molecule has 2 aromatic heterocycles. The molecule has 1 aliphatic heterocycles. The van der Waals surface area contributed by atoms with Crippen molar-refractivity contribution < 1.29 is 59.0 Å². The maximum absolute atomic E-state index is 14.2. The van der Waals surface area contributed by atoms with Gasteiger partial charge in [-0.1, -0.05) is 60.7 Å². The summed E-state index contributed by atoms with van der Waals surface area (Å²) in [4.78, 5) is 49.0. The number of halogens is 8. The van der Waals surface area contributed by atoms with Crippen molar-refractivity contribution in [2.45, 2.75) is 77.1 Å². The van der Waals surface area contributed by atoms with Crippen molar-refractivity contribution in [2.75, 3.05) is 24.7 Å². The second kappa shape index (κ2) is 20.3. The lowest BCUT2D eigenvalue weighted by molar-refractivity contribution is -0.238. The van der Waals surface area contributed by atoms with E-state index < -0.39 is 83.2 Å². The molecule has 0 aliphatic carbocycles. The second-order valence-electron chi connectivity index (χ2n) is 17.1. The Bertz CT molecular complexity index is 2980. The molecule has 0 radical (unpaired) electrons. The quantitative estimate of drug-likeness (QED) is 0.0661. The molecule has 1 fully saturated rings. The molecule has 376 valence electrons. The number of benzene rings is 4. The number of carbonyl (C=O) groups is 4. The van der Waals surface area contributed by atoms with Crippen LogP contribution in [0.15, 0.2) is 84.9 Å². The number of carbonyl (C=O) groups excluding carboxylic acids is 4. The van der Waals surface area contributed by atoms with Crippen LogP contribution in [0.1, 0.15) is 90.4 Å². The van der Waals surface area contributed by atoms with E-state index in [-0.39, 0.29) is 59.9 Å². The van der Waals surface area contributed by atoms with Gasteiger partial charge >= 0.3 is 12.4 Å². The summed E-state index contributed by atoms with van der Waals surface area (Å²) in [7, 11) is 0. The standard InChI is InChI=1S/C25H25F4N5O3.C23H23F4N5O2/c1-14-2-7-17(26)12-18(14)23(36)32-13-15-3-5-16(6-4-15)20-19(22(31)35)21(30)34(33-20)24(25(27,28)29)8-10-37-11-9-24;1-12-4-9-15(24)10-16(12)21(34)30-11-13-5-7-14(8-6-13)18-17(20(29)33)19(28)32(31-18)22(2,3)23(25,26)27/h2-7,12H,8-11,13,30H2,1H3,(H2,31,35)(H,32,36);4-10H,11,28H2,1-3H3,(H2,29,33)(H,30,34). The Balaban J connectivity index is 0.000000233. The Morgan fingerprint density at radius 2 is 1.06 bits per heavy atom. The average molecular weight is 997 g/mol. The molecule has 4 aromatic carbocycles. The predicted molar refractivity (Wildman–Crippen MR) is 245 cm³/mol. The van der Waals surface area contributed by atoms with E-state index in [9.17, 15) is 54.3 Å². The summed E-state index contributed by atoms with van der Waals surface area (Å²) in [5, 5.41) is 13.5. The van der Waals surface area contributed by atoms with Crippen molar-refractivity contribution in [3.05, 3.63) is 141 Å². The second-order valence-corrected chi connectivity index (χ2v) is 17.1. The first-order chi connectivity index (χ1) is 33.2. The lowest BCUT2D eigenvalue weighted by atomic mass is 9.89. The van der Waals surface area contributed by atoms with Crippen LogP contribution in [-0.2, 0) is 28.9 Å². The van der Waals surface area contributed by atoms with E-state index in [1.54, 1.807) is 38.1 Å². The number of nitrogens with zero attached hydrogens (tertiary/aromatic N) is 4. The number of ether oxygens (including phenoxy) is 1. The summed E-state index contributed by atoms with van der Waals surface area (Å²) < 4.78 is 117. The van der Waals surface area contributed by atoms with Crippen molar-refractivity contribution in [1.82, 2.24) is 30.2 Å². The van der Waals surface area contributed by atoms with Gasteiger partial charge < -0.3 is 38.3 Å². The Morgan fingerprint density at radius 1 is 0.648 bits per heavy atom. The van der Waals surface area contributed by atoms with Gasteiger partial charge in [-0.3, -0.25) is 19.2 Å². The number of aryl methyl sites for hydroxylation is 2. The van der Waals surface area contributed by atoms with E-state index >= 15 is 0 Å².